The van der Waals surface area contributed by atoms with Gasteiger partial charge in [-0.15, -0.1) is 11.3 Å². The Hall–Kier alpha value is -1.69. The predicted octanol–water partition coefficient (Wildman–Crippen LogP) is 4.66. The average Bonchev–Trinajstić information content (AvgIpc) is 2.95. The maximum Gasteiger partial charge on any atom is 0.180 e. The highest BCUT2D eigenvalue weighted by atomic mass is 35.5. The lowest BCUT2D eigenvalue weighted by Gasteiger charge is -2.06. The molecule has 0 saturated heterocycles. The summed E-state index contributed by atoms with van der Waals surface area (Å²) < 4.78 is 0. The minimum Gasteiger partial charge on any atom is -0.375 e. The smallest absolute Gasteiger partial charge is 0.180 e. The third kappa shape index (κ3) is 4.19. The van der Waals surface area contributed by atoms with Gasteiger partial charge in [-0.05, 0) is 43.5 Å². The molecular weight excluding hydrogens is 351 g/mol. The van der Waals surface area contributed by atoms with Crippen LogP contribution in [0.15, 0.2) is 36.7 Å². The zero-order valence-electron chi connectivity index (χ0n) is 12.2. The molecule has 0 fully saturated rings. The lowest BCUT2D eigenvalue weighted by molar-refractivity contribution is 0.803. The molecule has 0 aliphatic carbocycles. The lowest BCUT2D eigenvalue weighted by Crippen LogP contribution is -1.97. The molecule has 2 N–H and O–H groups in total. The lowest BCUT2D eigenvalue weighted by atomic mass is 10.1. The number of benzene rings is 1. The Kier molecular flexibility index (Phi) is 5.10. The van der Waals surface area contributed by atoms with Crippen LogP contribution >= 0.6 is 34.5 Å². The van der Waals surface area contributed by atoms with E-state index >= 15 is 0 Å². The van der Waals surface area contributed by atoms with Gasteiger partial charge in [0.1, 0.15) is 0 Å². The van der Waals surface area contributed by atoms with E-state index in [-0.39, 0.29) is 0 Å². The molecule has 0 atom stereocenters. The van der Waals surface area contributed by atoms with Gasteiger partial charge in [-0.1, -0.05) is 23.2 Å². The first-order chi connectivity index (χ1) is 11.1. The van der Waals surface area contributed by atoms with Gasteiger partial charge in [0.2, 0.25) is 0 Å². The van der Waals surface area contributed by atoms with Crippen molar-refractivity contribution in [1.29, 1.82) is 0 Å². The summed E-state index contributed by atoms with van der Waals surface area (Å²) >= 11 is 13.8. The van der Waals surface area contributed by atoms with Gasteiger partial charge >= 0.3 is 0 Å². The highest BCUT2D eigenvalue weighted by Gasteiger charge is 2.08. The van der Waals surface area contributed by atoms with Crippen molar-refractivity contribution in [3.63, 3.8) is 0 Å². The molecule has 118 valence electrons. The van der Waals surface area contributed by atoms with E-state index in [9.17, 15) is 0 Å². The van der Waals surface area contributed by atoms with Crippen LogP contribution in [0.1, 0.15) is 17.0 Å². The largest absolute Gasteiger partial charge is 0.375 e. The molecule has 0 radical (unpaired) electrons. The van der Waals surface area contributed by atoms with E-state index in [1.807, 2.05) is 12.3 Å². The summed E-state index contributed by atoms with van der Waals surface area (Å²) in [5, 5.41) is 1.81. The molecule has 0 aliphatic rings. The molecule has 7 heteroatoms. The van der Waals surface area contributed by atoms with Crippen molar-refractivity contribution in [3.05, 3.63) is 57.3 Å². The first kappa shape index (κ1) is 16.2. The van der Waals surface area contributed by atoms with E-state index in [4.69, 9.17) is 28.9 Å². The first-order valence-electron chi connectivity index (χ1n) is 7.09. The van der Waals surface area contributed by atoms with E-state index in [0.29, 0.717) is 21.0 Å². The van der Waals surface area contributed by atoms with E-state index in [0.717, 1.165) is 30.5 Å². The Morgan fingerprint density at radius 3 is 2.74 bits per heavy atom. The van der Waals surface area contributed by atoms with Crippen LogP contribution in [0.3, 0.4) is 0 Å². The highest BCUT2D eigenvalue weighted by Crippen LogP contribution is 2.28. The number of nitrogens with zero attached hydrogens (tertiary/aromatic N) is 3. The standard InChI is InChI=1S/C16H14Cl2N4S/c17-10-4-5-14(18)13(8-10)15-20-7-6-11(22-15)2-1-3-12-9-21-16(19)23-12/h4-9H,1-3H2,(H2,19,21). The molecule has 3 aromatic rings. The van der Waals surface area contributed by atoms with Crippen LogP contribution < -0.4 is 5.73 Å². The molecule has 0 saturated carbocycles. The van der Waals surface area contributed by atoms with Crippen molar-refractivity contribution in [2.45, 2.75) is 19.3 Å². The summed E-state index contributed by atoms with van der Waals surface area (Å²) in [5.41, 5.74) is 7.36. The van der Waals surface area contributed by atoms with Crippen LogP contribution in [0.4, 0.5) is 5.13 Å². The number of hydrogen-bond donors (Lipinski definition) is 1. The van der Waals surface area contributed by atoms with E-state index in [2.05, 4.69) is 15.0 Å². The fraction of sp³-hybridized carbons (Fsp3) is 0.188. The van der Waals surface area contributed by atoms with E-state index < -0.39 is 0 Å². The number of rotatable bonds is 5. The topological polar surface area (TPSA) is 64.7 Å². The molecule has 1 aromatic carbocycles. The van der Waals surface area contributed by atoms with Crippen molar-refractivity contribution in [2.75, 3.05) is 5.73 Å². The van der Waals surface area contributed by atoms with Crippen LogP contribution in [-0.4, -0.2) is 15.0 Å². The quantitative estimate of drug-likeness (QED) is 0.714. The van der Waals surface area contributed by atoms with Crippen LogP contribution in [-0.2, 0) is 12.8 Å². The van der Waals surface area contributed by atoms with Crippen LogP contribution in [0, 0.1) is 0 Å². The van der Waals surface area contributed by atoms with Crippen molar-refractivity contribution in [2.24, 2.45) is 0 Å². The Labute approximate surface area is 148 Å². The van der Waals surface area contributed by atoms with Gasteiger partial charge in [0.15, 0.2) is 11.0 Å². The van der Waals surface area contributed by atoms with Crippen LogP contribution in [0.2, 0.25) is 10.0 Å². The van der Waals surface area contributed by atoms with Gasteiger partial charge in [0.05, 0.1) is 5.02 Å². The summed E-state index contributed by atoms with van der Waals surface area (Å²) in [6.07, 6.45) is 6.34. The minimum atomic E-state index is 0.590. The van der Waals surface area contributed by atoms with E-state index in [1.54, 1.807) is 24.4 Å². The number of anilines is 1. The highest BCUT2D eigenvalue weighted by molar-refractivity contribution is 7.15. The summed E-state index contributed by atoms with van der Waals surface area (Å²) in [5.74, 6) is 0.594. The second-order valence-corrected chi connectivity index (χ2v) is 7.00. The van der Waals surface area contributed by atoms with Crippen molar-refractivity contribution >= 4 is 39.7 Å². The van der Waals surface area contributed by atoms with Crippen LogP contribution in [0.5, 0.6) is 0 Å². The molecule has 2 heterocycles. The van der Waals surface area contributed by atoms with E-state index in [1.165, 1.54) is 16.2 Å². The predicted molar refractivity (Wildman–Crippen MR) is 96.0 cm³/mol. The maximum absolute atomic E-state index is 6.21. The molecule has 23 heavy (non-hydrogen) atoms. The molecule has 0 aliphatic heterocycles. The summed E-state index contributed by atoms with van der Waals surface area (Å²) in [7, 11) is 0. The van der Waals surface area contributed by atoms with Gasteiger partial charge in [0.25, 0.3) is 0 Å². The SMILES string of the molecule is Nc1ncc(CCCc2ccnc(-c3cc(Cl)ccc3Cl)n2)s1. The second kappa shape index (κ2) is 7.25. The normalized spacial score (nSPS) is 10.9. The monoisotopic (exact) mass is 364 g/mol. The molecule has 2 aromatic heterocycles. The van der Waals surface area contributed by atoms with Gasteiger partial charge < -0.3 is 5.73 Å². The van der Waals surface area contributed by atoms with Crippen molar-refractivity contribution < 1.29 is 0 Å². The fourth-order valence-electron chi connectivity index (χ4n) is 2.22. The third-order valence-electron chi connectivity index (χ3n) is 3.31. The third-order valence-corrected chi connectivity index (χ3v) is 4.76. The van der Waals surface area contributed by atoms with Gasteiger partial charge in [-0.25, -0.2) is 15.0 Å². The van der Waals surface area contributed by atoms with Crippen LogP contribution in [0.25, 0.3) is 11.4 Å². The zero-order chi connectivity index (χ0) is 16.2. The maximum atomic E-state index is 6.21. The molecule has 0 spiro atoms. The zero-order valence-corrected chi connectivity index (χ0v) is 14.5. The van der Waals surface area contributed by atoms with Gasteiger partial charge in [-0.2, -0.15) is 0 Å². The van der Waals surface area contributed by atoms with Gasteiger partial charge in [0, 0.05) is 33.6 Å². The number of hydrogen-bond acceptors (Lipinski definition) is 5. The summed E-state index contributed by atoms with van der Waals surface area (Å²) in [6.45, 7) is 0. The fourth-order valence-corrected chi connectivity index (χ4v) is 3.32. The van der Waals surface area contributed by atoms with Crippen molar-refractivity contribution in [3.8, 4) is 11.4 Å². The first-order valence-corrected chi connectivity index (χ1v) is 8.66. The molecule has 3 rings (SSSR count). The molecule has 0 amide bonds. The Morgan fingerprint density at radius 1 is 1.09 bits per heavy atom. The number of thiazole rings is 1. The number of aromatic nitrogens is 3. The number of nitrogens with two attached hydrogens (primary N) is 1. The average molecular weight is 365 g/mol. The Bertz CT molecular complexity index is 819. The number of nitrogen functional groups attached to an aromatic ring is 1. The number of halogens is 2. The molecule has 4 nitrogen and oxygen atoms in total. The molecular formula is C16H14Cl2N4S. The number of aryl methyl sites for hydroxylation is 2. The van der Waals surface area contributed by atoms with Crippen molar-refractivity contribution in [1.82, 2.24) is 15.0 Å². The Morgan fingerprint density at radius 2 is 1.96 bits per heavy atom. The minimum absolute atomic E-state index is 0.590. The Balaban J connectivity index is 1.71. The molecule has 0 bridgehead atoms. The summed E-state index contributed by atoms with van der Waals surface area (Å²) in [6, 6.07) is 7.20. The second-order valence-electron chi connectivity index (χ2n) is 5.01. The molecule has 0 unspecified atom stereocenters. The van der Waals surface area contributed by atoms with Gasteiger partial charge in [-0.3, -0.25) is 0 Å². The summed E-state index contributed by atoms with van der Waals surface area (Å²) in [4.78, 5) is 14.1.